The summed E-state index contributed by atoms with van der Waals surface area (Å²) in [6.07, 6.45) is 1.53. The molecular weight excluding hydrogens is 256 g/mol. The highest BCUT2D eigenvalue weighted by Crippen LogP contribution is 2.16. The Kier molecular flexibility index (Phi) is 3.84. The fourth-order valence-electron chi connectivity index (χ4n) is 1.80. The van der Waals surface area contributed by atoms with Crippen LogP contribution in [0.5, 0.6) is 0 Å². The summed E-state index contributed by atoms with van der Waals surface area (Å²) in [5.41, 5.74) is 2.57. The smallest absolute Gasteiger partial charge is 0.259 e. The third-order valence-corrected chi connectivity index (χ3v) is 2.92. The third-order valence-electron chi connectivity index (χ3n) is 2.92. The Bertz CT molecular complexity index is 661. The minimum absolute atomic E-state index is 0.156. The molecule has 0 aliphatic rings. The zero-order valence-electron chi connectivity index (χ0n) is 11.6. The lowest BCUT2D eigenvalue weighted by atomic mass is 10.2. The number of hydrogen-bond acceptors (Lipinski definition) is 3. The molecule has 6 heteroatoms. The topological polar surface area (TPSA) is 76.0 Å². The van der Waals surface area contributed by atoms with Crippen molar-refractivity contribution in [2.45, 2.75) is 13.8 Å². The van der Waals surface area contributed by atoms with Crippen LogP contribution in [0.3, 0.4) is 0 Å². The van der Waals surface area contributed by atoms with E-state index in [1.165, 1.54) is 13.1 Å². The lowest BCUT2D eigenvalue weighted by Gasteiger charge is -2.07. The number of benzene rings is 1. The number of aromatic nitrogens is 2. The number of carbonyl (C=O) groups excluding carboxylic acids is 2. The monoisotopic (exact) mass is 272 g/mol. The molecule has 0 saturated heterocycles. The van der Waals surface area contributed by atoms with E-state index in [2.05, 4.69) is 15.7 Å². The second kappa shape index (κ2) is 5.56. The van der Waals surface area contributed by atoms with Crippen LogP contribution in [0.4, 0.5) is 11.4 Å². The molecule has 1 aromatic carbocycles. The molecule has 0 spiro atoms. The van der Waals surface area contributed by atoms with Crippen LogP contribution in [0.15, 0.2) is 30.5 Å². The van der Waals surface area contributed by atoms with E-state index < -0.39 is 0 Å². The van der Waals surface area contributed by atoms with E-state index in [1.54, 1.807) is 36.0 Å². The van der Waals surface area contributed by atoms with Gasteiger partial charge in [0, 0.05) is 31.0 Å². The largest absolute Gasteiger partial charge is 0.326 e. The van der Waals surface area contributed by atoms with Gasteiger partial charge in [0.05, 0.1) is 11.8 Å². The van der Waals surface area contributed by atoms with Crippen molar-refractivity contribution in [1.29, 1.82) is 0 Å². The summed E-state index contributed by atoms with van der Waals surface area (Å²) in [5, 5.41) is 9.48. The van der Waals surface area contributed by atoms with E-state index in [0.717, 1.165) is 5.69 Å². The SMILES string of the molecule is CC(=O)Nc1cccc(NC(=O)c2cnn(C)c2C)c1. The maximum atomic E-state index is 12.1. The van der Waals surface area contributed by atoms with Crippen molar-refractivity contribution in [1.82, 2.24) is 9.78 Å². The molecule has 0 aliphatic heterocycles. The van der Waals surface area contributed by atoms with Crippen molar-refractivity contribution in [3.63, 3.8) is 0 Å². The van der Waals surface area contributed by atoms with Gasteiger partial charge >= 0.3 is 0 Å². The van der Waals surface area contributed by atoms with Gasteiger partial charge in [-0.15, -0.1) is 0 Å². The summed E-state index contributed by atoms with van der Waals surface area (Å²) in [6, 6.07) is 6.98. The number of rotatable bonds is 3. The molecule has 0 saturated carbocycles. The predicted molar refractivity (Wildman–Crippen MR) is 76.6 cm³/mol. The first-order valence-electron chi connectivity index (χ1n) is 6.15. The predicted octanol–water partition coefficient (Wildman–Crippen LogP) is 1.94. The van der Waals surface area contributed by atoms with Gasteiger partial charge in [0.15, 0.2) is 0 Å². The average Bonchev–Trinajstić information content (AvgIpc) is 2.69. The zero-order chi connectivity index (χ0) is 14.7. The summed E-state index contributed by atoms with van der Waals surface area (Å²) in [4.78, 5) is 23.1. The Morgan fingerprint density at radius 1 is 1.20 bits per heavy atom. The van der Waals surface area contributed by atoms with Crippen molar-refractivity contribution in [3.05, 3.63) is 41.7 Å². The van der Waals surface area contributed by atoms with Crippen molar-refractivity contribution in [2.75, 3.05) is 10.6 Å². The van der Waals surface area contributed by atoms with Gasteiger partial charge in [-0.05, 0) is 25.1 Å². The Morgan fingerprint density at radius 3 is 2.40 bits per heavy atom. The highest BCUT2D eigenvalue weighted by molar-refractivity contribution is 6.05. The number of anilines is 2. The number of nitrogens with one attached hydrogen (secondary N) is 2. The molecule has 2 aromatic rings. The number of aryl methyl sites for hydroxylation is 1. The fourth-order valence-corrected chi connectivity index (χ4v) is 1.80. The van der Waals surface area contributed by atoms with E-state index in [9.17, 15) is 9.59 Å². The molecule has 104 valence electrons. The van der Waals surface area contributed by atoms with Gasteiger partial charge in [-0.1, -0.05) is 6.07 Å². The van der Waals surface area contributed by atoms with Gasteiger partial charge in [-0.2, -0.15) is 5.10 Å². The van der Waals surface area contributed by atoms with Crippen molar-refractivity contribution in [3.8, 4) is 0 Å². The van der Waals surface area contributed by atoms with E-state index >= 15 is 0 Å². The highest BCUT2D eigenvalue weighted by atomic mass is 16.2. The molecule has 1 heterocycles. The lowest BCUT2D eigenvalue weighted by molar-refractivity contribution is -0.114. The van der Waals surface area contributed by atoms with Crippen LogP contribution in [0.2, 0.25) is 0 Å². The quantitative estimate of drug-likeness (QED) is 0.896. The summed E-state index contributed by atoms with van der Waals surface area (Å²) >= 11 is 0. The molecular formula is C14H16N4O2. The van der Waals surface area contributed by atoms with Gasteiger partial charge < -0.3 is 10.6 Å². The van der Waals surface area contributed by atoms with Gasteiger partial charge in [0.2, 0.25) is 5.91 Å². The molecule has 1 aromatic heterocycles. The van der Waals surface area contributed by atoms with Crippen LogP contribution in [-0.2, 0) is 11.8 Å². The molecule has 0 atom stereocenters. The lowest BCUT2D eigenvalue weighted by Crippen LogP contribution is -2.13. The number of hydrogen-bond donors (Lipinski definition) is 2. The number of nitrogens with zero attached hydrogens (tertiary/aromatic N) is 2. The average molecular weight is 272 g/mol. The maximum Gasteiger partial charge on any atom is 0.259 e. The maximum absolute atomic E-state index is 12.1. The van der Waals surface area contributed by atoms with Gasteiger partial charge in [-0.3, -0.25) is 14.3 Å². The number of carbonyl (C=O) groups is 2. The minimum atomic E-state index is -0.226. The molecule has 0 aliphatic carbocycles. The Hall–Kier alpha value is -2.63. The van der Waals surface area contributed by atoms with Gasteiger partial charge in [0.25, 0.3) is 5.91 Å². The van der Waals surface area contributed by atoms with Crippen molar-refractivity contribution < 1.29 is 9.59 Å². The van der Waals surface area contributed by atoms with Gasteiger partial charge in [-0.25, -0.2) is 0 Å². The fraction of sp³-hybridized carbons (Fsp3) is 0.214. The first kappa shape index (κ1) is 13.8. The molecule has 0 bridgehead atoms. The van der Waals surface area contributed by atoms with Crippen molar-refractivity contribution in [2.24, 2.45) is 7.05 Å². The Morgan fingerprint density at radius 2 is 1.85 bits per heavy atom. The zero-order valence-corrected chi connectivity index (χ0v) is 11.6. The summed E-state index contributed by atoms with van der Waals surface area (Å²) < 4.78 is 1.64. The summed E-state index contributed by atoms with van der Waals surface area (Å²) in [6.45, 7) is 3.26. The highest BCUT2D eigenvalue weighted by Gasteiger charge is 2.13. The molecule has 0 unspecified atom stereocenters. The molecule has 2 rings (SSSR count). The second-order valence-corrected chi connectivity index (χ2v) is 4.48. The summed E-state index contributed by atoms with van der Waals surface area (Å²) in [7, 11) is 1.78. The molecule has 2 amide bonds. The van der Waals surface area contributed by atoms with Crippen LogP contribution >= 0.6 is 0 Å². The number of amides is 2. The Balaban J connectivity index is 2.15. The minimum Gasteiger partial charge on any atom is -0.326 e. The second-order valence-electron chi connectivity index (χ2n) is 4.48. The van der Waals surface area contributed by atoms with Crippen LogP contribution in [0.1, 0.15) is 23.0 Å². The molecule has 0 radical (unpaired) electrons. The molecule has 2 N–H and O–H groups in total. The van der Waals surface area contributed by atoms with Gasteiger partial charge in [0.1, 0.15) is 0 Å². The van der Waals surface area contributed by atoms with E-state index in [4.69, 9.17) is 0 Å². The van der Waals surface area contributed by atoms with E-state index in [0.29, 0.717) is 16.9 Å². The van der Waals surface area contributed by atoms with E-state index in [-0.39, 0.29) is 11.8 Å². The Labute approximate surface area is 116 Å². The van der Waals surface area contributed by atoms with E-state index in [1.807, 2.05) is 6.92 Å². The molecule has 6 nitrogen and oxygen atoms in total. The standard InChI is InChI=1S/C14H16N4O2/c1-9-13(8-15-18(9)3)14(20)17-12-6-4-5-11(7-12)16-10(2)19/h4-8H,1-3H3,(H,16,19)(H,17,20). The third kappa shape index (κ3) is 3.03. The molecule has 0 fully saturated rings. The first-order chi connectivity index (χ1) is 9.47. The first-order valence-corrected chi connectivity index (χ1v) is 6.15. The molecule has 20 heavy (non-hydrogen) atoms. The van der Waals surface area contributed by atoms with Crippen LogP contribution < -0.4 is 10.6 Å². The van der Waals surface area contributed by atoms with Crippen LogP contribution in [0, 0.1) is 6.92 Å². The van der Waals surface area contributed by atoms with Crippen molar-refractivity contribution >= 4 is 23.2 Å². The summed E-state index contributed by atoms with van der Waals surface area (Å²) in [5.74, 6) is -0.382. The van der Waals surface area contributed by atoms with Crippen LogP contribution in [0.25, 0.3) is 0 Å². The van der Waals surface area contributed by atoms with Crippen LogP contribution in [-0.4, -0.2) is 21.6 Å². The normalized spacial score (nSPS) is 10.2.